The molecular weight excluding hydrogens is 314 g/mol. The quantitative estimate of drug-likeness (QED) is 0.827. The largest absolute Gasteiger partial charge is 0.335 e. The second kappa shape index (κ2) is 7.65. The van der Waals surface area contributed by atoms with E-state index in [-0.39, 0.29) is 12.1 Å². The summed E-state index contributed by atoms with van der Waals surface area (Å²) in [4.78, 5) is 17.4. The van der Waals surface area contributed by atoms with E-state index in [4.69, 9.17) is 0 Å². The highest BCUT2D eigenvalue weighted by Gasteiger charge is 2.10. The zero-order valence-corrected chi connectivity index (χ0v) is 14.8. The normalized spacial score (nSPS) is 12.2. The monoisotopic (exact) mass is 335 g/mol. The summed E-state index contributed by atoms with van der Waals surface area (Å²) in [6, 6.07) is 7.76. The van der Waals surface area contributed by atoms with Gasteiger partial charge in [-0.15, -0.1) is 11.3 Å². The van der Waals surface area contributed by atoms with Crippen molar-refractivity contribution in [3.63, 3.8) is 0 Å². The van der Waals surface area contributed by atoms with Gasteiger partial charge in [0.1, 0.15) is 0 Å². The van der Waals surface area contributed by atoms with Crippen molar-refractivity contribution in [2.24, 2.45) is 5.92 Å². The number of nitrogens with zero attached hydrogens (tertiary/aromatic N) is 1. The van der Waals surface area contributed by atoms with E-state index in [1.54, 1.807) is 23.1 Å². The highest BCUT2D eigenvalue weighted by Crippen LogP contribution is 2.30. The molecule has 0 radical (unpaired) electrons. The molecule has 2 rings (SSSR count). The Bertz CT molecular complexity index is 623. The fourth-order valence-electron chi connectivity index (χ4n) is 1.63. The summed E-state index contributed by atoms with van der Waals surface area (Å²) in [7, 11) is 0. The summed E-state index contributed by atoms with van der Waals surface area (Å²) in [5.74, 6) is 0.409. The van der Waals surface area contributed by atoms with Gasteiger partial charge in [0.25, 0.3) is 0 Å². The molecule has 0 aliphatic rings. The maximum atomic E-state index is 11.9. The average Bonchev–Trinajstić information content (AvgIpc) is 2.86. The predicted molar refractivity (Wildman–Crippen MR) is 93.9 cm³/mol. The molecule has 2 N–H and O–H groups in total. The lowest BCUT2D eigenvalue weighted by molar-refractivity contribution is 0.246. The standard InChI is InChI=1S/C16H21N3OS2/c1-10(2)12(4)18-15(20)19-13-5-7-14(8-6-13)22-16-17-11(3)9-21-16/h5-10,12H,1-4H3,(H2,18,19,20)/t12-/m1/s1. The van der Waals surface area contributed by atoms with Gasteiger partial charge < -0.3 is 10.6 Å². The maximum Gasteiger partial charge on any atom is 0.319 e. The van der Waals surface area contributed by atoms with E-state index >= 15 is 0 Å². The van der Waals surface area contributed by atoms with Crippen molar-refractivity contribution in [1.29, 1.82) is 0 Å². The highest BCUT2D eigenvalue weighted by molar-refractivity contribution is 8.01. The molecule has 0 fully saturated rings. The summed E-state index contributed by atoms with van der Waals surface area (Å²) in [5.41, 5.74) is 1.83. The number of amides is 2. The lowest BCUT2D eigenvalue weighted by Gasteiger charge is -2.17. The van der Waals surface area contributed by atoms with Crippen molar-refractivity contribution in [3.8, 4) is 0 Å². The number of benzene rings is 1. The van der Waals surface area contributed by atoms with Crippen LogP contribution in [-0.4, -0.2) is 17.1 Å². The van der Waals surface area contributed by atoms with E-state index in [0.717, 1.165) is 20.6 Å². The molecule has 0 aliphatic heterocycles. The third-order valence-electron chi connectivity index (χ3n) is 3.27. The van der Waals surface area contributed by atoms with Crippen LogP contribution in [0.25, 0.3) is 0 Å². The number of carbonyl (C=O) groups excluding carboxylic acids is 1. The average molecular weight is 335 g/mol. The zero-order chi connectivity index (χ0) is 16.1. The van der Waals surface area contributed by atoms with Crippen molar-refractivity contribution in [3.05, 3.63) is 35.3 Å². The van der Waals surface area contributed by atoms with Crippen molar-refractivity contribution in [1.82, 2.24) is 10.3 Å². The number of aromatic nitrogens is 1. The highest BCUT2D eigenvalue weighted by atomic mass is 32.2. The molecule has 118 valence electrons. The van der Waals surface area contributed by atoms with Crippen LogP contribution in [0.5, 0.6) is 0 Å². The summed E-state index contributed by atoms with van der Waals surface area (Å²) in [5, 5.41) is 7.81. The van der Waals surface area contributed by atoms with Gasteiger partial charge in [0.2, 0.25) is 0 Å². The van der Waals surface area contributed by atoms with Gasteiger partial charge >= 0.3 is 6.03 Å². The number of urea groups is 1. The Kier molecular flexibility index (Phi) is 5.85. The predicted octanol–water partition coefficient (Wildman–Crippen LogP) is 4.77. The Labute approximate surface area is 139 Å². The number of nitrogens with one attached hydrogen (secondary N) is 2. The second-order valence-corrected chi connectivity index (χ2v) is 7.69. The summed E-state index contributed by atoms with van der Waals surface area (Å²) in [6.45, 7) is 8.15. The number of hydrogen-bond acceptors (Lipinski definition) is 4. The molecular formula is C16H21N3OS2. The first-order chi connectivity index (χ1) is 10.4. The number of rotatable bonds is 5. The molecule has 22 heavy (non-hydrogen) atoms. The minimum Gasteiger partial charge on any atom is -0.335 e. The molecule has 1 heterocycles. The molecule has 6 heteroatoms. The topological polar surface area (TPSA) is 54.0 Å². The van der Waals surface area contributed by atoms with Crippen LogP contribution in [0.2, 0.25) is 0 Å². The van der Waals surface area contributed by atoms with E-state index in [1.807, 2.05) is 43.5 Å². The van der Waals surface area contributed by atoms with E-state index in [9.17, 15) is 4.79 Å². The minimum atomic E-state index is -0.169. The van der Waals surface area contributed by atoms with Crippen LogP contribution < -0.4 is 10.6 Å². The van der Waals surface area contributed by atoms with Gasteiger partial charge in [-0.3, -0.25) is 0 Å². The maximum absolute atomic E-state index is 11.9. The van der Waals surface area contributed by atoms with Gasteiger partial charge in [0.15, 0.2) is 4.34 Å². The van der Waals surface area contributed by atoms with Crippen molar-refractivity contribution >= 4 is 34.8 Å². The Morgan fingerprint density at radius 3 is 2.45 bits per heavy atom. The molecule has 0 bridgehead atoms. The Morgan fingerprint density at radius 2 is 1.91 bits per heavy atom. The molecule has 0 spiro atoms. The van der Waals surface area contributed by atoms with Gasteiger partial charge in [-0.2, -0.15) is 0 Å². The minimum absolute atomic E-state index is 0.142. The number of thiazole rings is 1. The van der Waals surface area contributed by atoms with Crippen LogP contribution in [0.15, 0.2) is 38.9 Å². The van der Waals surface area contributed by atoms with E-state index in [2.05, 4.69) is 29.5 Å². The smallest absolute Gasteiger partial charge is 0.319 e. The number of anilines is 1. The fourth-order valence-corrected chi connectivity index (χ4v) is 3.44. The SMILES string of the molecule is Cc1csc(Sc2ccc(NC(=O)N[C@H](C)C(C)C)cc2)n1. The van der Waals surface area contributed by atoms with Gasteiger partial charge in [-0.25, -0.2) is 9.78 Å². The number of hydrogen-bond donors (Lipinski definition) is 2. The first-order valence-corrected chi connectivity index (χ1v) is 8.91. The molecule has 2 aromatic rings. The molecule has 1 atom stereocenters. The molecule has 0 aliphatic carbocycles. The third-order valence-corrected chi connectivity index (χ3v) is 5.34. The lowest BCUT2D eigenvalue weighted by Crippen LogP contribution is -2.38. The van der Waals surface area contributed by atoms with Gasteiger partial charge in [-0.1, -0.05) is 25.6 Å². The lowest BCUT2D eigenvalue weighted by atomic mass is 10.1. The number of carbonyl (C=O) groups is 1. The van der Waals surface area contributed by atoms with Gasteiger partial charge in [0.05, 0.1) is 0 Å². The molecule has 2 amide bonds. The van der Waals surface area contributed by atoms with Crippen molar-refractivity contribution < 1.29 is 4.79 Å². The van der Waals surface area contributed by atoms with Crippen molar-refractivity contribution in [2.75, 3.05) is 5.32 Å². The Hall–Kier alpha value is -1.53. The van der Waals surface area contributed by atoms with E-state index in [0.29, 0.717) is 5.92 Å². The van der Waals surface area contributed by atoms with Gasteiger partial charge in [-0.05, 0) is 44.0 Å². The van der Waals surface area contributed by atoms with Crippen LogP contribution in [0, 0.1) is 12.8 Å². The van der Waals surface area contributed by atoms with Crippen LogP contribution in [0.1, 0.15) is 26.5 Å². The van der Waals surface area contributed by atoms with E-state index < -0.39 is 0 Å². The van der Waals surface area contributed by atoms with E-state index in [1.165, 1.54) is 0 Å². The molecule has 0 saturated heterocycles. The molecule has 0 unspecified atom stereocenters. The second-order valence-electron chi connectivity index (χ2n) is 5.51. The molecule has 1 aromatic heterocycles. The summed E-state index contributed by atoms with van der Waals surface area (Å²) >= 11 is 3.27. The molecule has 0 saturated carbocycles. The molecule has 1 aromatic carbocycles. The van der Waals surface area contributed by atoms with Crippen molar-refractivity contribution in [2.45, 2.75) is 43.0 Å². The van der Waals surface area contributed by atoms with Gasteiger partial charge in [0, 0.05) is 27.7 Å². The third kappa shape index (κ3) is 5.03. The summed E-state index contributed by atoms with van der Waals surface area (Å²) in [6.07, 6.45) is 0. The summed E-state index contributed by atoms with van der Waals surface area (Å²) < 4.78 is 1.03. The van der Waals surface area contributed by atoms with Crippen LogP contribution in [0.3, 0.4) is 0 Å². The van der Waals surface area contributed by atoms with Crippen LogP contribution >= 0.6 is 23.1 Å². The Balaban J connectivity index is 1.90. The van der Waals surface area contributed by atoms with Crippen LogP contribution in [-0.2, 0) is 0 Å². The zero-order valence-electron chi connectivity index (χ0n) is 13.2. The Morgan fingerprint density at radius 1 is 1.23 bits per heavy atom. The first-order valence-electron chi connectivity index (χ1n) is 7.21. The first kappa shape index (κ1) is 16.8. The molecule has 4 nitrogen and oxygen atoms in total. The fraction of sp³-hybridized carbons (Fsp3) is 0.375. The number of aryl methyl sites for hydroxylation is 1. The van der Waals surface area contributed by atoms with Crippen LogP contribution in [0.4, 0.5) is 10.5 Å².